The van der Waals surface area contributed by atoms with E-state index >= 15 is 0 Å². The third kappa shape index (κ3) is 3.38. The molecular weight excluding hydrogens is 360 g/mol. The van der Waals surface area contributed by atoms with Crippen LogP contribution in [0.2, 0.25) is 0 Å². The molecule has 1 aliphatic heterocycles. The van der Waals surface area contributed by atoms with Crippen molar-refractivity contribution in [1.29, 1.82) is 0 Å². The van der Waals surface area contributed by atoms with E-state index in [0.29, 0.717) is 29.8 Å². The number of methoxy groups -OCH3 is 1. The van der Waals surface area contributed by atoms with Gasteiger partial charge in [-0.25, -0.2) is 4.98 Å². The number of nitrogens with one attached hydrogen (secondary N) is 1. The zero-order valence-corrected chi connectivity index (χ0v) is 14.3. The van der Waals surface area contributed by atoms with E-state index in [9.17, 15) is 4.79 Å². The van der Waals surface area contributed by atoms with Crippen LogP contribution in [0.25, 0.3) is 0 Å². The van der Waals surface area contributed by atoms with Crippen molar-refractivity contribution >= 4 is 21.8 Å². The molecule has 1 aliphatic rings. The lowest BCUT2D eigenvalue weighted by atomic mass is 9.89. The molecule has 0 aliphatic carbocycles. The maximum Gasteiger partial charge on any atom is 0.271 e. The summed E-state index contributed by atoms with van der Waals surface area (Å²) in [5.74, 6) is 0.602. The number of ether oxygens (including phenoxy) is 2. The molecule has 1 atom stereocenters. The van der Waals surface area contributed by atoms with Gasteiger partial charge in [-0.05, 0) is 39.7 Å². The van der Waals surface area contributed by atoms with E-state index in [1.807, 2.05) is 24.3 Å². The SMILES string of the molecule is COCC1(NC(=O)c2ncccc2Br)COc2ccccc2C1. The van der Waals surface area contributed by atoms with Gasteiger partial charge in [-0.3, -0.25) is 4.79 Å². The minimum Gasteiger partial charge on any atom is -0.491 e. The van der Waals surface area contributed by atoms with Gasteiger partial charge in [-0.15, -0.1) is 0 Å². The second-order valence-corrected chi connectivity index (χ2v) is 6.43. The van der Waals surface area contributed by atoms with Gasteiger partial charge in [0.15, 0.2) is 0 Å². The molecule has 0 radical (unpaired) electrons. The van der Waals surface area contributed by atoms with E-state index in [0.717, 1.165) is 11.3 Å². The number of hydrogen-bond acceptors (Lipinski definition) is 4. The predicted octanol–water partition coefficient (Wildman–Crippen LogP) is 2.59. The van der Waals surface area contributed by atoms with Crippen molar-refractivity contribution in [3.05, 3.63) is 58.3 Å². The van der Waals surface area contributed by atoms with Crippen LogP contribution in [-0.2, 0) is 11.2 Å². The highest BCUT2D eigenvalue weighted by Gasteiger charge is 2.38. The number of pyridine rings is 1. The van der Waals surface area contributed by atoms with E-state index in [4.69, 9.17) is 9.47 Å². The standard InChI is InChI=1S/C17H17BrN2O3/c1-22-10-17(9-12-5-2-3-7-14(12)23-11-17)20-16(21)15-13(18)6-4-8-19-15/h2-8H,9-11H2,1H3,(H,20,21). The lowest BCUT2D eigenvalue weighted by Gasteiger charge is -2.38. The predicted molar refractivity (Wildman–Crippen MR) is 89.7 cm³/mol. The number of fused-ring (bicyclic) bond motifs is 1. The molecule has 1 aromatic heterocycles. The molecule has 2 heterocycles. The fourth-order valence-corrected chi connectivity index (χ4v) is 3.20. The highest BCUT2D eigenvalue weighted by Crippen LogP contribution is 2.30. The molecule has 1 amide bonds. The average molecular weight is 377 g/mol. The van der Waals surface area contributed by atoms with Crippen LogP contribution in [0.3, 0.4) is 0 Å². The Kier molecular flexibility index (Phi) is 4.63. The van der Waals surface area contributed by atoms with Crippen molar-refractivity contribution in [3.8, 4) is 5.75 Å². The van der Waals surface area contributed by atoms with E-state index < -0.39 is 5.54 Å². The first-order chi connectivity index (χ1) is 11.1. The van der Waals surface area contributed by atoms with Crippen LogP contribution in [0.5, 0.6) is 5.75 Å². The number of carbonyl (C=O) groups is 1. The fraction of sp³-hybridized carbons (Fsp3) is 0.294. The van der Waals surface area contributed by atoms with Gasteiger partial charge in [0.2, 0.25) is 0 Å². The van der Waals surface area contributed by atoms with Crippen molar-refractivity contribution in [2.75, 3.05) is 20.3 Å². The minimum atomic E-state index is -0.614. The van der Waals surface area contributed by atoms with Crippen molar-refractivity contribution in [3.63, 3.8) is 0 Å². The first kappa shape index (κ1) is 16.0. The van der Waals surface area contributed by atoms with Crippen LogP contribution >= 0.6 is 15.9 Å². The Morgan fingerprint density at radius 3 is 3.00 bits per heavy atom. The molecule has 120 valence electrons. The smallest absolute Gasteiger partial charge is 0.271 e. The molecule has 1 N–H and O–H groups in total. The van der Waals surface area contributed by atoms with Crippen LogP contribution < -0.4 is 10.1 Å². The van der Waals surface area contributed by atoms with Crippen molar-refractivity contribution in [2.24, 2.45) is 0 Å². The largest absolute Gasteiger partial charge is 0.491 e. The Morgan fingerprint density at radius 2 is 2.22 bits per heavy atom. The van der Waals surface area contributed by atoms with Crippen LogP contribution in [-0.4, -0.2) is 36.8 Å². The molecule has 2 aromatic rings. The number of para-hydroxylation sites is 1. The minimum absolute atomic E-state index is 0.252. The Balaban J connectivity index is 1.85. The van der Waals surface area contributed by atoms with Gasteiger partial charge in [-0.2, -0.15) is 0 Å². The van der Waals surface area contributed by atoms with Crippen LogP contribution in [0.1, 0.15) is 16.1 Å². The van der Waals surface area contributed by atoms with Gasteiger partial charge < -0.3 is 14.8 Å². The molecule has 5 nitrogen and oxygen atoms in total. The molecule has 0 bridgehead atoms. The van der Waals surface area contributed by atoms with Crippen LogP contribution in [0, 0.1) is 0 Å². The first-order valence-corrected chi connectivity index (χ1v) is 8.05. The van der Waals surface area contributed by atoms with Gasteiger partial charge in [0, 0.05) is 24.2 Å². The van der Waals surface area contributed by atoms with E-state index in [-0.39, 0.29) is 5.91 Å². The van der Waals surface area contributed by atoms with Gasteiger partial charge >= 0.3 is 0 Å². The summed E-state index contributed by atoms with van der Waals surface area (Å²) in [5, 5.41) is 3.05. The number of carbonyl (C=O) groups excluding carboxylic acids is 1. The second-order valence-electron chi connectivity index (χ2n) is 5.57. The van der Waals surface area contributed by atoms with Crippen molar-refractivity contribution < 1.29 is 14.3 Å². The number of benzene rings is 1. The molecule has 3 rings (SSSR count). The molecule has 6 heteroatoms. The summed E-state index contributed by atoms with van der Waals surface area (Å²) in [6.45, 7) is 0.714. The van der Waals surface area contributed by atoms with Crippen LogP contribution in [0.4, 0.5) is 0 Å². The number of aromatic nitrogens is 1. The highest BCUT2D eigenvalue weighted by molar-refractivity contribution is 9.10. The number of hydrogen-bond donors (Lipinski definition) is 1. The normalized spacial score (nSPS) is 19.6. The van der Waals surface area contributed by atoms with Crippen LogP contribution in [0.15, 0.2) is 47.1 Å². The topological polar surface area (TPSA) is 60.5 Å². The molecule has 0 spiro atoms. The average Bonchev–Trinajstić information content (AvgIpc) is 2.55. The number of nitrogens with zero attached hydrogens (tertiary/aromatic N) is 1. The molecule has 1 unspecified atom stereocenters. The summed E-state index contributed by atoms with van der Waals surface area (Å²) in [4.78, 5) is 16.7. The quantitative estimate of drug-likeness (QED) is 0.890. The summed E-state index contributed by atoms with van der Waals surface area (Å²) in [7, 11) is 1.62. The van der Waals surface area contributed by atoms with Gasteiger partial charge in [0.25, 0.3) is 5.91 Å². The Labute approximate surface area is 143 Å². The molecule has 0 saturated carbocycles. The van der Waals surface area contributed by atoms with Gasteiger partial charge in [0.1, 0.15) is 23.6 Å². The number of amides is 1. The maximum atomic E-state index is 12.6. The molecular formula is C17H17BrN2O3. The number of rotatable bonds is 4. The zero-order chi connectivity index (χ0) is 16.3. The summed E-state index contributed by atoms with van der Waals surface area (Å²) < 4.78 is 11.8. The number of halogens is 1. The molecule has 1 aromatic carbocycles. The highest BCUT2D eigenvalue weighted by atomic mass is 79.9. The monoisotopic (exact) mass is 376 g/mol. The van der Waals surface area contributed by atoms with E-state index in [2.05, 4.69) is 26.2 Å². The van der Waals surface area contributed by atoms with E-state index in [1.165, 1.54) is 0 Å². The lowest BCUT2D eigenvalue weighted by molar-refractivity contribution is 0.0503. The second kappa shape index (κ2) is 6.68. The van der Waals surface area contributed by atoms with E-state index in [1.54, 1.807) is 25.4 Å². The van der Waals surface area contributed by atoms with Crippen molar-refractivity contribution in [2.45, 2.75) is 12.0 Å². The molecule has 0 fully saturated rings. The summed E-state index contributed by atoms with van der Waals surface area (Å²) in [6, 6.07) is 11.4. The Hall–Kier alpha value is -1.92. The third-order valence-electron chi connectivity index (χ3n) is 3.78. The summed E-state index contributed by atoms with van der Waals surface area (Å²) >= 11 is 3.36. The van der Waals surface area contributed by atoms with Crippen molar-refractivity contribution in [1.82, 2.24) is 10.3 Å². The van der Waals surface area contributed by atoms with Gasteiger partial charge in [-0.1, -0.05) is 18.2 Å². The Bertz CT molecular complexity index is 722. The zero-order valence-electron chi connectivity index (χ0n) is 12.7. The molecule has 23 heavy (non-hydrogen) atoms. The maximum absolute atomic E-state index is 12.6. The lowest BCUT2D eigenvalue weighted by Crippen LogP contribution is -2.59. The van der Waals surface area contributed by atoms with Gasteiger partial charge in [0.05, 0.1) is 6.61 Å². The Morgan fingerprint density at radius 1 is 1.39 bits per heavy atom. The third-order valence-corrected chi connectivity index (χ3v) is 4.42. The first-order valence-electron chi connectivity index (χ1n) is 7.26. The molecule has 0 saturated heterocycles. The summed E-state index contributed by atoms with van der Waals surface area (Å²) in [5.41, 5.74) is 0.787. The fourth-order valence-electron chi connectivity index (χ4n) is 2.76. The summed E-state index contributed by atoms with van der Waals surface area (Å²) in [6.07, 6.45) is 2.24.